The van der Waals surface area contributed by atoms with Gasteiger partial charge >= 0.3 is 0 Å². The first-order valence-electron chi connectivity index (χ1n) is 11.5. The summed E-state index contributed by atoms with van der Waals surface area (Å²) in [4.78, 5) is 7.36. The SMILES string of the molecule is Brc1ccc(N(c2ccc(-c3cccc4ccccc34)nc2)C2CC=Cc3ccccc32)cc1. The van der Waals surface area contributed by atoms with Crippen LogP contribution >= 0.6 is 15.9 Å². The van der Waals surface area contributed by atoms with Crippen LogP contribution in [0.2, 0.25) is 0 Å². The van der Waals surface area contributed by atoms with Gasteiger partial charge in [-0.3, -0.25) is 4.98 Å². The fraction of sp³-hybridized carbons (Fsp3) is 0.0645. The zero-order valence-electron chi connectivity index (χ0n) is 18.6. The zero-order valence-corrected chi connectivity index (χ0v) is 20.2. The van der Waals surface area contributed by atoms with Crippen LogP contribution in [0.4, 0.5) is 11.4 Å². The molecule has 2 nitrogen and oxygen atoms in total. The Balaban J connectivity index is 1.45. The lowest BCUT2D eigenvalue weighted by molar-refractivity contribution is 0.701. The third-order valence-corrected chi connectivity index (χ3v) is 7.05. The van der Waals surface area contributed by atoms with Gasteiger partial charge in [-0.15, -0.1) is 0 Å². The second-order valence-electron chi connectivity index (χ2n) is 8.56. The number of hydrogen-bond acceptors (Lipinski definition) is 2. The van der Waals surface area contributed by atoms with Crippen LogP contribution in [0.3, 0.4) is 0 Å². The summed E-state index contributed by atoms with van der Waals surface area (Å²) in [6.45, 7) is 0. The number of pyridine rings is 1. The van der Waals surface area contributed by atoms with Gasteiger partial charge in [-0.05, 0) is 64.7 Å². The molecule has 34 heavy (non-hydrogen) atoms. The Morgan fingerprint density at radius 3 is 2.35 bits per heavy atom. The molecule has 1 aromatic heterocycles. The predicted molar refractivity (Wildman–Crippen MR) is 146 cm³/mol. The molecule has 0 saturated carbocycles. The third kappa shape index (κ3) is 3.82. The molecule has 0 radical (unpaired) electrons. The molecule has 1 unspecified atom stereocenters. The van der Waals surface area contributed by atoms with Gasteiger partial charge in [-0.1, -0.05) is 94.8 Å². The topological polar surface area (TPSA) is 16.1 Å². The van der Waals surface area contributed by atoms with E-state index >= 15 is 0 Å². The summed E-state index contributed by atoms with van der Waals surface area (Å²) in [7, 11) is 0. The van der Waals surface area contributed by atoms with Crippen molar-refractivity contribution >= 4 is 44.2 Å². The van der Waals surface area contributed by atoms with E-state index < -0.39 is 0 Å². The van der Waals surface area contributed by atoms with Gasteiger partial charge in [0.1, 0.15) is 0 Å². The predicted octanol–water partition coefficient (Wildman–Crippen LogP) is 8.96. The lowest BCUT2D eigenvalue weighted by Gasteiger charge is -2.36. The normalized spacial score (nSPS) is 14.7. The Bertz CT molecular complexity index is 1480. The van der Waals surface area contributed by atoms with Crippen LogP contribution < -0.4 is 4.90 Å². The van der Waals surface area contributed by atoms with Crippen LogP contribution in [0.5, 0.6) is 0 Å². The minimum Gasteiger partial charge on any atom is -0.332 e. The number of nitrogens with zero attached hydrogens (tertiary/aromatic N) is 2. The van der Waals surface area contributed by atoms with E-state index in [9.17, 15) is 0 Å². The summed E-state index contributed by atoms with van der Waals surface area (Å²) in [5, 5.41) is 2.45. The van der Waals surface area contributed by atoms with Crippen molar-refractivity contribution in [2.75, 3.05) is 4.90 Å². The molecule has 0 aliphatic heterocycles. The van der Waals surface area contributed by atoms with E-state index in [2.05, 4.69) is 136 Å². The van der Waals surface area contributed by atoms with Crippen LogP contribution in [-0.2, 0) is 0 Å². The third-order valence-electron chi connectivity index (χ3n) is 6.52. The van der Waals surface area contributed by atoms with Gasteiger partial charge in [0.25, 0.3) is 0 Å². The summed E-state index contributed by atoms with van der Waals surface area (Å²) in [6, 6.07) is 36.7. The molecule has 1 aliphatic rings. The minimum absolute atomic E-state index is 0.201. The summed E-state index contributed by atoms with van der Waals surface area (Å²) < 4.78 is 1.07. The van der Waals surface area contributed by atoms with E-state index in [1.807, 2.05) is 6.20 Å². The van der Waals surface area contributed by atoms with Crippen molar-refractivity contribution in [3.63, 3.8) is 0 Å². The molecule has 1 aliphatic carbocycles. The lowest BCUT2D eigenvalue weighted by atomic mass is 9.91. The molecule has 0 N–H and O–H groups in total. The summed E-state index contributed by atoms with van der Waals surface area (Å²) in [5.74, 6) is 0. The molecule has 1 atom stereocenters. The molecule has 164 valence electrons. The van der Waals surface area contributed by atoms with Crippen LogP contribution in [0.25, 0.3) is 28.1 Å². The molecule has 0 bridgehead atoms. The molecule has 0 amide bonds. The largest absolute Gasteiger partial charge is 0.332 e. The van der Waals surface area contributed by atoms with Gasteiger partial charge < -0.3 is 4.90 Å². The van der Waals surface area contributed by atoms with E-state index in [1.165, 1.54) is 21.9 Å². The summed E-state index contributed by atoms with van der Waals surface area (Å²) in [5.41, 5.74) is 7.00. The Hall–Kier alpha value is -3.69. The maximum atomic E-state index is 4.94. The van der Waals surface area contributed by atoms with Gasteiger partial charge in [0, 0.05) is 15.7 Å². The lowest BCUT2D eigenvalue weighted by Crippen LogP contribution is -2.25. The highest BCUT2D eigenvalue weighted by molar-refractivity contribution is 9.10. The van der Waals surface area contributed by atoms with Crippen LogP contribution in [0.1, 0.15) is 23.6 Å². The van der Waals surface area contributed by atoms with Crippen molar-refractivity contribution in [3.8, 4) is 11.3 Å². The van der Waals surface area contributed by atoms with Crippen molar-refractivity contribution in [3.05, 3.63) is 131 Å². The maximum Gasteiger partial charge on any atom is 0.0709 e. The number of aromatic nitrogens is 1. The average Bonchev–Trinajstić information content (AvgIpc) is 2.90. The number of anilines is 2. The van der Waals surface area contributed by atoms with E-state index in [0.717, 1.165) is 33.5 Å². The van der Waals surface area contributed by atoms with Crippen molar-refractivity contribution in [2.45, 2.75) is 12.5 Å². The van der Waals surface area contributed by atoms with Crippen molar-refractivity contribution in [1.82, 2.24) is 4.98 Å². The minimum atomic E-state index is 0.201. The van der Waals surface area contributed by atoms with Gasteiger partial charge in [0.05, 0.1) is 23.6 Å². The fourth-order valence-corrected chi connectivity index (χ4v) is 5.17. The first kappa shape index (κ1) is 20.9. The zero-order chi connectivity index (χ0) is 22.9. The maximum absolute atomic E-state index is 4.94. The molecule has 3 heteroatoms. The van der Waals surface area contributed by atoms with E-state index in [1.54, 1.807) is 0 Å². The number of rotatable bonds is 4. The first-order chi connectivity index (χ1) is 16.8. The van der Waals surface area contributed by atoms with Gasteiger partial charge in [-0.2, -0.15) is 0 Å². The monoisotopic (exact) mass is 502 g/mol. The van der Waals surface area contributed by atoms with Crippen molar-refractivity contribution < 1.29 is 0 Å². The van der Waals surface area contributed by atoms with Crippen molar-refractivity contribution in [2.24, 2.45) is 0 Å². The van der Waals surface area contributed by atoms with E-state index in [0.29, 0.717) is 0 Å². The smallest absolute Gasteiger partial charge is 0.0709 e. The van der Waals surface area contributed by atoms with Crippen LogP contribution in [0, 0.1) is 0 Å². The van der Waals surface area contributed by atoms with E-state index in [-0.39, 0.29) is 6.04 Å². The quantitative estimate of drug-likeness (QED) is 0.243. The molecular formula is C31H23BrN2. The summed E-state index contributed by atoms with van der Waals surface area (Å²) in [6.07, 6.45) is 7.46. The highest BCUT2D eigenvalue weighted by atomic mass is 79.9. The highest BCUT2D eigenvalue weighted by Gasteiger charge is 2.25. The molecule has 0 saturated heterocycles. The van der Waals surface area contributed by atoms with Gasteiger partial charge in [0.15, 0.2) is 0 Å². The Morgan fingerprint density at radius 2 is 1.50 bits per heavy atom. The van der Waals surface area contributed by atoms with Crippen LogP contribution in [-0.4, -0.2) is 4.98 Å². The Labute approximate surface area is 208 Å². The Morgan fingerprint density at radius 1 is 0.735 bits per heavy atom. The number of hydrogen-bond donors (Lipinski definition) is 0. The highest BCUT2D eigenvalue weighted by Crippen LogP contribution is 2.41. The second-order valence-corrected chi connectivity index (χ2v) is 9.47. The molecule has 6 rings (SSSR count). The van der Waals surface area contributed by atoms with Gasteiger partial charge in [0.2, 0.25) is 0 Å². The molecule has 0 spiro atoms. The van der Waals surface area contributed by atoms with E-state index in [4.69, 9.17) is 4.98 Å². The second kappa shape index (κ2) is 8.92. The molecular weight excluding hydrogens is 480 g/mol. The Kier molecular flexibility index (Phi) is 5.48. The number of halogens is 1. The molecule has 0 fully saturated rings. The number of benzene rings is 4. The molecule has 5 aromatic rings. The van der Waals surface area contributed by atoms with Crippen molar-refractivity contribution in [1.29, 1.82) is 0 Å². The summed E-state index contributed by atoms with van der Waals surface area (Å²) >= 11 is 3.59. The van der Waals surface area contributed by atoms with Crippen LogP contribution in [0.15, 0.2) is 120 Å². The molecule has 1 heterocycles. The number of fused-ring (bicyclic) bond motifs is 2. The van der Waals surface area contributed by atoms with Gasteiger partial charge in [-0.25, -0.2) is 0 Å². The first-order valence-corrected chi connectivity index (χ1v) is 12.3. The fourth-order valence-electron chi connectivity index (χ4n) is 4.91. The molecule has 4 aromatic carbocycles. The average molecular weight is 503 g/mol. The standard InChI is InChI=1S/C31H23BrN2/c32-24-15-17-25(18-16-24)34(31-14-6-10-23-8-2-4-12-28(23)31)26-19-20-30(33-21-26)29-13-5-9-22-7-1-3-11-27(22)29/h1-13,15-21,31H,14H2.